The van der Waals surface area contributed by atoms with Gasteiger partial charge >= 0.3 is 12.1 Å². The number of fused-ring (bicyclic) bond motifs is 1. The third-order valence-electron chi connectivity index (χ3n) is 5.31. The number of anilines is 1. The zero-order valence-corrected chi connectivity index (χ0v) is 20.7. The summed E-state index contributed by atoms with van der Waals surface area (Å²) in [5.41, 5.74) is 3.47. The first-order valence-corrected chi connectivity index (χ1v) is 11.7. The Bertz CT molecular complexity index is 1420. The summed E-state index contributed by atoms with van der Waals surface area (Å²) in [5, 5.41) is 10.6. The molecule has 4 rings (SSSR count). The Morgan fingerprint density at radius 3 is 2.59 bits per heavy atom. The molecular weight excluding hydrogens is 474 g/mol. The second-order valence-corrected chi connectivity index (χ2v) is 8.65. The van der Waals surface area contributed by atoms with Crippen LogP contribution in [0.25, 0.3) is 16.6 Å². The lowest BCUT2D eigenvalue weighted by Gasteiger charge is -2.19. The van der Waals surface area contributed by atoms with Crippen molar-refractivity contribution < 1.29 is 23.9 Å². The van der Waals surface area contributed by atoms with Gasteiger partial charge in [0.2, 0.25) is 0 Å². The second-order valence-electron chi connectivity index (χ2n) is 8.65. The molecule has 2 heterocycles. The highest BCUT2D eigenvalue weighted by atomic mass is 16.6. The molecule has 0 saturated carbocycles. The third kappa shape index (κ3) is 6.49. The molecule has 4 aromatic rings. The van der Waals surface area contributed by atoms with Crippen LogP contribution < -0.4 is 10.6 Å². The van der Waals surface area contributed by atoms with Gasteiger partial charge in [-0.3, -0.25) is 9.78 Å². The minimum Gasteiger partial charge on any atom is -0.459 e. The fourth-order valence-corrected chi connectivity index (χ4v) is 3.59. The summed E-state index contributed by atoms with van der Waals surface area (Å²) in [6.07, 6.45) is 3.42. The van der Waals surface area contributed by atoms with Crippen LogP contribution in [0.5, 0.6) is 0 Å². The fraction of sp³-hybridized carbons (Fsp3) is 0.222. The molecule has 2 aromatic heterocycles. The quantitative estimate of drug-likeness (QED) is 0.349. The summed E-state index contributed by atoms with van der Waals surface area (Å²) in [6.45, 7) is 4.96. The Hall–Kier alpha value is -4.73. The summed E-state index contributed by atoms with van der Waals surface area (Å²) in [6, 6.07) is 15.2. The number of rotatable bonds is 8. The van der Waals surface area contributed by atoms with Crippen molar-refractivity contribution in [3.8, 4) is 5.69 Å². The summed E-state index contributed by atoms with van der Waals surface area (Å²) >= 11 is 0. The molecule has 0 aliphatic carbocycles. The molecule has 0 fully saturated rings. The normalized spacial score (nSPS) is 11.7. The molecule has 0 aliphatic rings. The number of nitrogens with zero attached hydrogens (tertiary/aromatic N) is 3. The fourth-order valence-electron chi connectivity index (χ4n) is 3.59. The van der Waals surface area contributed by atoms with Gasteiger partial charge in [-0.2, -0.15) is 5.10 Å². The lowest BCUT2D eigenvalue weighted by molar-refractivity contribution is -0.119. The number of amides is 2. The van der Waals surface area contributed by atoms with Crippen LogP contribution in [-0.4, -0.2) is 51.5 Å². The highest BCUT2D eigenvalue weighted by Gasteiger charge is 2.25. The predicted octanol–water partition coefficient (Wildman–Crippen LogP) is 4.03. The zero-order valence-electron chi connectivity index (χ0n) is 20.7. The lowest BCUT2D eigenvalue weighted by Crippen LogP contribution is -2.47. The highest BCUT2D eigenvalue weighted by molar-refractivity contribution is 5.98. The van der Waals surface area contributed by atoms with Crippen LogP contribution >= 0.6 is 0 Å². The van der Waals surface area contributed by atoms with Gasteiger partial charge in [0.1, 0.15) is 12.6 Å². The van der Waals surface area contributed by atoms with Crippen molar-refractivity contribution in [2.24, 2.45) is 0 Å². The first-order valence-electron chi connectivity index (χ1n) is 11.7. The number of carbonyl (C=O) groups is 3. The maximum absolute atomic E-state index is 13.1. The van der Waals surface area contributed by atoms with E-state index in [1.54, 1.807) is 42.9 Å². The summed E-state index contributed by atoms with van der Waals surface area (Å²) in [4.78, 5) is 41.6. The van der Waals surface area contributed by atoms with E-state index < -0.39 is 36.7 Å². The predicted molar refractivity (Wildman–Crippen MR) is 137 cm³/mol. The number of nitrogens with one attached hydrogen (secondary N) is 2. The smallest absolute Gasteiger partial charge is 0.408 e. The number of alkyl carbamates (subject to hydrolysis) is 1. The number of ether oxygens (including phenoxy) is 2. The van der Waals surface area contributed by atoms with Gasteiger partial charge in [-0.25, -0.2) is 14.3 Å². The summed E-state index contributed by atoms with van der Waals surface area (Å²) < 4.78 is 12.2. The molecule has 0 saturated heterocycles. The van der Waals surface area contributed by atoms with Crippen LogP contribution in [0.1, 0.15) is 29.8 Å². The third-order valence-corrected chi connectivity index (χ3v) is 5.31. The average Bonchev–Trinajstić information content (AvgIpc) is 3.29. The van der Waals surface area contributed by atoms with Gasteiger partial charge in [0, 0.05) is 23.5 Å². The summed E-state index contributed by atoms with van der Waals surface area (Å²) in [7, 11) is 0. The number of carbonyl (C=O) groups excluding carboxylic acids is 3. The number of aryl methyl sites for hydroxylation is 1. The molecular formula is C27H27N5O5. The van der Waals surface area contributed by atoms with Crippen LogP contribution in [0.2, 0.25) is 0 Å². The van der Waals surface area contributed by atoms with E-state index in [1.807, 2.05) is 37.3 Å². The molecule has 10 nitrogen and oxygen atoms in total. The Morgan fingerprint density at radius 2 is 1.86 bits per heavy atom. The van der Waals surface area contributed by atoms with Crippen molar-refractivity contribution in [1.29, 1.82) is 0 Å². The molecule has 0 unspecified atom stereocenters. The second kappa shape index (κ2) is 11.3. The molecule has 0 spiro atoms. The molecule has 0 bridgehead atoms. The molecule has 2 aromatic carbocycles. The number of benzene rings is 2. The molecule has 0 radical (unpaired) electrons. The average molecular weight is 502 g/mol. The van der Waals surface area contributed by atoms with Crippen molar-refractivity contribution in [3.05, 3.63) is 84.3 Å². The van der Waals surface area contributed by atoms with Crippen molar-refractivity contribution in [2.75, 3.05) is 11.9 Å². The maximum Gasteiger partial charge on any atom is 0.408 e. The minimum absolute atomic E-state index is 0.223. The van der Waals surface area contributed by atoms with Gasteiger partial charge in [-0.15, -0.1) is 0 Å². The molecule has 0 aliphatic heterocycles. The van der Waals surface area contributed by atoms with Gasteiger partial charge in [0.15, 0.2) is 0 Å². The maximum atomic E-state index is 13.1. The van der Waals surface area contributed by atoms with Crippen LogP contribution in [0.15, 0.2) is 73.2 Å². The Morgan fingerprint density at radius 1 is 1.03 bits per heavy atom. The van der Waals surface area contributed by atoms with E-state index in [9.17, 15) is 14.4 Å². The van der Waals surface area contributed by atoms with E-state index in [1.165, 1.54) is 18.5 Å². The van der Waals surface area contributed by atoms with Gasteiger partial charge < -0.3 is 20.1 Å². The monoisotopic (exact) mass is 501 g/mol. The number of hydrogen-bond donors (Lipinski definition) is 2. The van der Waals surface area contributed by atoms with Gasteiger partial charge in [-0.05, 0) is 68.8 Å². The molecule has 37 heavy (non-hydrogen) atoms. The van der Waals surface area contributed by atoms with Crippen molar-refractivity contribution in [3.63, 3.8) is 0 Å². The van der Waals surface area contributed by atoms with E-state index in [4.69, 9.17) is 9.47 Å². The molecule has 2 N–H and O–H groups in total. The van der Waals surface area contributed by atoms with E-state index in [0.717, 1.165) is 22.2 Å². The Balaban J connectivity index is 1.53. The van der Waals surface area contributed by atoms with Crippen LogP contribution in [0.3, 0.4) is 0 Å². The van der Waals surface area contributed by atoms with Crippen LogP contribution in [0, 0.1) is 6.92 Å². The first kappa shape index (κ1) is 25.4. The van der Waals surface area contributed by atoms with E-state index in [0.29, 0.717) is 5.69 Å². The van der Waals surface area contributed by atoms with Gasteiger partial charge in [-0.1, -0.05) is 12.1 Å². The largest absolute Gasteiger partial charge is 0.459 e. The number of pyridine rings is 1. The Kier molecular flexibility index (Phi) is 7.77. The zero-order chi connectivity index (χ0) is 26.4. The highest BCUT2D eigenvalue weighted by Crippen LogP contribution is 2.23. The minimum atomic E-state index is -1.20. The molecule has 1 atom stereocenters. The number of esters is 1. The molecule has 10 heteroatoms. The van der Waals surface area contributed by atoms with E-state index in [2.05, 4.69) is 20.7 Å². The van der Waals surface area contributed by atoms with Crippen molar-refractivity contribution >= 4 is 34.6 Å². The number of aromatic nitrogens is 3. The summed E-state index contributed by atoms with van der Waals surface area (Å²) in [5.74, 6) is -1.26. The molecule has 2 amide bonds. The topological polar surface area (TPSA) is 124 Å². The van der Waals surface area contributed by atoms with E-state index >= 15 is 0 Å². The first-order chi connectivity index (χ1) is 17.8. The van der Waals surface area contributed by atoms with Crippen molar-refractivity contribution in [1.82, 2.24) is 20.1 Å². The SMILES string of the molecule is Cc1cccc(-n2ncc3ccc(NC(=O)[C@H](COC(=O)c4cccnc4)NC(=O)OC(C)C)cc32)c1. The van der Waals surface area contributed by atoms with Crippen LogP contribution in [0.4, 0.5) is 10.5 Å². The lowest BCUT2D eigenvalue weighted by atomic mass is 10.2. The van der Waals surface area contributed by atoms with E-state index in [-0.39, 0.29) is 5.56 Å². The van der Waals surface area contributed by atoms with Crippen molar-refractivity contribution in [2.45, 2.75) is 32.9 Å². The molecule has 190 valence electrons. The van der Waals surface area contributed by atoms with Crippen LogP contribution in [-0.2, 0) is 14.3 Å². The Labute approximate surface area is 213 Å². The standard InChI is InChI=1S/C27H27N5O5/c1-17(2)37-27(35)31-23(16-36-26(34)20-7-5-11-28-14-20)25(33)30-21-10-9-19-15-29-32(24(19)13-21)22-8-4-6-18(3)12-22/h4-15,17,23H,16H2,1-3H3,(H,30,33)(H,31,35)/t23-/m0/s1. The van der Waals surface area contributed by atoms with Gasteiger partial charge in [0.25, 0.3) is 5.91 Å². The number of hydrogen-bond acceptors (Lipinski definition) is 7. The van der Waals surface area contributed by atoms with Gasteiger partial charge in [0.05, 0.1) is 29.1 Å².